The van der Waals surface area contributed by atoms with Gasteiger partial charge >= 0.3 is 0 Å². The van der Waals surface area contributed by atoms with Gasteiger partial charge in [0.25, 0.3) is 5.91 Å². The first-order valence-electron chi connectivity index (χ1n) is 11.4. The minimum atomic E-state index is -0.416. The number of likely N-dealkylation sites (tertiary alicyclic amines) is 1. The highest BCUT2D eigenvalue weighted by molar-refractivity contribution is 5.94. The van der Waals surface area contributed by atoms with E-state index in [-0.39, 0.29) is 22.8 Å². The lowest BCUT2D eigenvalue weighted by molar-refractivity contribution is -0.145. The van der Waals surface area contributed by atoms with E-state index in [0.717, 1.165) is 56.6 Å². The summed E-state index contributed by atoms with van der Waals surface area (Å²) >= 11 is 0. The van der Waals surface area contributed by atoms with Crippen LogP contribution in [0.2, 0.25) is 0 Å². The Morgan fingerprint density at radius 2 is 1.79 bits per heavy atom. The first kappa shape index (κ1) is 17.9. The van der Waals surface area contributed by atoms with E-state index in [1.165, 1.54) is 12.8 Å². The molecule has 1 aliphatic heterocycles. The van der Waals surface area contributed by atoms with Crippen LogP contribution in [0, 0.1) is 23.2 Å². The van der Waals surface area contributed by atoms with E-state index >= 15 is 0 Å². The first-order chi connectivity index (χ1) is 14.0. The number of amides is 2. The van der Waals surface area contributed by atoms with Crippen molar-refractivity contribution in [3.8, 4) is 0 Å². The summed E-state index contributed by atoms with van der Waals surface area (Å²) < 4.78 is 0. The number of rotatable bonds is 4. The van der Waals surface area contributed by atoms with Crippen molar-refractivity contribution in [2.45, 2.75) is 69.0 Å². The standard InChI is InChI=1S/C24H31N3O2/c25-20(22(29)27-7-6-18-9-19(18)27)23-10-15-8-16(11-23)13-24(12-15,14-23)26-21(28)17-4-2-1-3-5-17/h1-5,15-16,18-20H,6-14,25H2,(H,26,28)/t15?,16?,18-,19+,20-,23?,24?/m1/s1. The number of benzene rings is 1. The molecule has 5 aliphatic carbocycles. The third-order valence-electron chi connectivity index (χ3n) is 8.76. The Kier molecular flexibility index (Phi) is 3.75. The Bertz CT molecular complexity index is 839. The van der Waals surface area contributed by atoms with Crippen molar-refractivity contribution < 1.29 is 9.59 Å². The summed E-state index contributed by atoms with van der Waals surface area (Å²) in [7, 11) is 0. The summed E-state index contributed by atoms with van der Waals surface area (Å²) in [6.45, 7) is 0.890. The summed E-state index contributed by atoms with van der Waals surface area (Å²) in [6.07, 6.45) is 8.62. The van der Waals surface area contributed by atoms with Crippen LogP contribution in [0.5, 0.6) is 0 Å². The maximum Gasteiger partial charge on any atom is 0.251 e. The number of carbonyl (C=O) groups is 2. The largest absolute Gasteiger partial charge is 0.347 e. The fraction of sp³-hybridized carbons (Fsp3) is 0.667. The molecule has 4 bridgehead atoms. The van der Waals surface area contributed by atoms with Gasteiger partial charge in [0.2, 0.25) is 5.91 Å². The highest BCUT2D eigenvalue weighted by Gasteiger charge is 2.62. The number of nitrogens with two attached hydrogens (primary N) is 1. The SMILES string of the molecule is N[C@H](C(=O)N1CC[C@@H]2C[C@@H]21)C12CC3CC(CC(NC(=O)c4ccccc4)(C3)C1)C2. The molecule has 154 valence electrons. The van der Waals surface area contributed by atoms with Gasteiger partial charge in [-0.3, -0.25) is 9.59 Å². The summed E-state index contributed by atoms with van der Waals surface area (Å²) in [5.41, 5.74) is 7.16. The van der Waals surface area contributed by atoms with E-state index < -0.39 is 6.04 Å². The van der Waals surface area contributed by atoms with Crippen LogP contribution in [0.1, 0.15) is 61.7 Å². The molecule has 2 unspecified atom stereocenters. The van der Waals surface area contributed by atoms with Crippen molar-refractivity contribution >= 4 is 11.8 Å². The second kappa shape index (κ2) is 6.07. The third kappa shape index (κ3) is 2.77. The number of hydrogen-bond acceptors (Lipinski definition) is 3. The van der Waals surface area contributed by atoms with Crippen molar-refractivity contribution in [1.29, 1.82) is 0 Å². The quantitative estimate of drug-likeness (QED) is 0.826. The number of nitrogens with zero attached hydrogens (tertiary/aromatic N) is 1. The minimum Gasteiger partial charge on any atom is -0.347 e. The lowest BCUT2D eigenvalue weighted by atomic mass is 9.45. The molecule has 0 radical (unpaired) electrons. The molecule has 1 aromatic rings. The monoisotopic (exact) mass is 393 g/mol. The van der Waals surface area contributed by atoms with E-state index in [4.69, 9.17) is 5.73 Å². The molecule has 0 spiro atoms. The number of piperidine rings is 1. The van der Waals surface area contributed by atoms with Crippen LogP contribution in [0.3, 0.4) is 0 Å². The molecule has 5 saturated carbocycles. The fourth-order valence-corrected chi connectivity index (χ4v) is 7.85. The van der Waals surface area contributed by atoms with Gasteiger partial charge in [-0.1, -0.05) is 18.2 Å². The van der Waals surface area contributed by atoms with Gasteiger partial charge in [-0.25, -0.2) is 0 Å². The molecule has 1 aromatic carbocycles. The van der Waals surface area contributed by atoms with Gasteiger partial charge in [0, 0.05) is 23.7 Å². The molecular weight excluding hydrogens is 362 g/mol. The van der Waals surface area contributed by atoms with Gasteiger partial charge in [-0.15, -0.1) is 0 Å². The average Bonchev–Trinajstić information content (AvgIpc) is 3.36. The Morgan fingerprint density at radius 1 is 1.07 bits per heavy atom. The van der Waals surface area contributed by atoms with Crippen molar-refractivity contribution in [3.05, 3.63) is 35.9 Å². The number of fused-ring (bicyclic) bond motifs is 1. The highest BCUT2D eigenvalue weighted by atomic mass is 16.2. The van der Waals surface area contributed by atoms with Crippen LogP contribution < -0.4 is 11.1 Å². The van der Waals surface area contributed by atoms with Crippen molar-refractivity contribution in [2.75, 3.05) is 6.54 Å². The molecule has 6 fully saturated rings. The normalized spacial score (nSPS) is 42.4. The molecule has 29 heavy (non-hydrogen) atoms. The van der Waals surface area contributed by atoms with Crippen molar-refractivity contribution in [2.24, 2.45) is 28.9 Å². The smallest absolute Gasteiger partial charge is 0.251 e. The molecular formula is C24H31N3O2. The number of hydrogen-bond donors (Lipinski definition) is 2. The summed E-state index contributed by atoms with van der Waals surface area (Å²) in [5, 5.41) is 3.43. The Labute approximate surface area is 172 Å². The average molecular weight is 394 g/mol. The fourth-order valence-electron chi connectivity index (χ4n) is 7.85. The van der Waals surface area contributed by atoms with E-state index in [9.17, 15) is 9.59 Å². The zero-order valence-electron chi connectivity index (χ0n) is 17.0. The Balaban J connectivity index is 1.26. The van der Waals surface area contributed by atoms with Gasteiger partial charge in [0.1, 0.15) is 0 Å². The Morgan fingerprint density at radius 3 is 2.41 bits per heavy atom. The summed E-state index contributed by atoms with van der Waals surface area (Å²) in [5.74, 6) is 2.10. The van der Waals surface area contributed by atoms with Gasteiger partial charge in [-0.2, -0.15) is 0 Å². The molecule has 7 rings (SSSR count). The molecule has 1 heterocycles. The lowest BCUT2D eigenvalue weighted by Gasteiger charge is -2.63. The minimum absolute atomic E-state index is 0.0166. The third-order valence-corrected chi connectivity index (χ3v) is 8.76. The second-order valence-corrected chi connectivity index (χ2v) is 10.8. The lowest BCUT2D eigenvalue weighted by Crippen LogP contribution is -2.68. The maximum absolute atomic E-state index is 13.4. The Hall–Kier alpha value is -1.88. The zero-order chi connectivity index (χ0) is 19.8. The van der Waals surface area contributed by atoms with Crippen LogP contribution in [-0.4, -0.2) is 40.9 Å². The highest BCUT2D eigenvalue weighted by Crippen LogP contribution is 2.63. The van der Waals surface area contributed by atoms with E-state index in [1.54, 1.807) is 0 Å². The number of nitrogens with one attached hydrogen (secondary N) is 1. The van der Waals surface area contributed by atoms with Gasteiger partial charge in [-0.05, 0) is 86.7 Å². The molecule has 5 atom stereocenters. The van der Waals surface area contributed by atoms with E-state index in [0.29, 0.717) is 17.9 Å². The molecule has 2 amide bonds. The zero-order valence-corrected chi connectivity index (χ0v) is 17.0. The van der Waals surface area contributed by atoms with Crippen molar-refractivity contribution in [3.63, 3.8) is 0 Å². The second-order valence-electron chi connectivity index (χ2n) is 10.8. The first-order valence-corrected chi connectivity index (χ1v) is 11.4. The number of carbonyl (C=O) groups excluding carboxylic acids is 2. The molecule has 5 nitrogen and oxygen atoms in total. The van der Waals surface area contributed by atoms with Crippen LogP contribution in [-0.2, 0) is 4.79 Å². The predicted molar refractivity (Wildman–Crippen MR) is 110 cm³/mol. The van der Waals surface area contributed by atoms with E-state index in [2.05, 4.69) is 10.2 Å². The van der Waals surface area contributed by atoms with Crippen LogP contribution >= 0.6 is 0 Å². The summed E-state index contributed by atoms with van der Waals surface area (Å²) in [6, 6.07) is 9.55. The van der Waals surface area contributed by atoms with Gasteiger partial charge in [0.15, 0.2) is 0 Å². The molecule has 1 saturated heterocycles. The van der Waals surface area contributed by atoms with Crippen LogP contribution in [0.4, 0.5) is 0 Å². The topological polar surface area (TPSA) is 75.4 Å². The van der Waals surface area contributed by atoms with E-state index in [1.807, 2.05) is 30.3 Å². The summed E-state index contributed by atoms with van der Waals surface area (Å²) in [4.78, 5) is 28.4. The molecule has 6 aliphatic rings. The van der Waals surface area contributed by atoms with Crippen molar-refractivity contribution in [1.82, 2.24) is 10.2 Å². The van der Waals surface area contributed by atoms with Crippen LogP contribution in [0.15, 0.2) is 30.3 Å². The molecule has 5 heteroatoms. The maximum atomic E-state index is 13.4. The van der Waals surface area contributed by atoms with Gasteiger partial charge in [0.05, 0.1) is 6.04 Å². The predicted octanol–water partition coefficient (Wildman–Crippen LogP) is 2.70. The van der Waals surface area contributed by atoms with Crippen LogP contribution in [0.25, 0.3) is 0 Å². The molecule has 0 aromatic heterocycles. The van der Waals surface area contributed by atoms with Gasteiger partial charge < -0.3 is 16.0 Å². The molecule has 3 N–H and O–H groups in total.